The van der Waals surface area contributed by atoms with Gasteiger partial charge in [-0.2, -0.15) is 17.6 Å². The Balaban J connectivity index is 1.61. The molecule has 34 heavy (non-hydrogen) atoms. The Hall–Kier alpha value is -2.69. The maximum Gasteiger partial charge on any atom is 0.501 e. The SMILES string of the molecule is CC(C)(C)OC(=O)N1[C@H]2CC[C@@H]1C(c1cnc(F)c(-c3ccc(S(=O)(=O)C(F)(F)F)cc3)c1)C2. The third kappa shape index (κ3) is 4.37. The molecule has 2 aliphatic rings. The van der Waals surface area contributed by atoms with Crippen LogP contribution in [0, 0.1) is 5.95 Å². The van der Waals surface area contributed by atoms with E-state index in [1.165, 1.54) is 6.20 Å². The molecule has 0 N–H and O–H groups in total. The van der Waals surface area contributed by atoms with Gasteiger partial charge in [-0.15, -0.1) is 0 Å². The van der Waals surface area contributed by atoms with Crippen LogP contribution in [0.1, 0.15) is 51.5 Å². The largest absolute Gasteiger partial charge is 0.501 e. The molecule has 0 radical (unpaired) electrons. The minimum atomic E-state index is -5.50. The Morgan fingerprint density at radius 3 is 2.35 bits per heavy atom. The van der Waals surface area contributed by atoms with Gasteiger partial charge in [0, 0.05) is 29.8 Å². The van der Waals surface area contributed by atoms with Crippen LogP contribution in [0.4, 0.5) is 22.4 Å². The summed E-state index contributed by atoms with van der Waals surface area (Å²) in [7, 11) is -5.50. The third-order valence-electron chi connectivity index (χ3n) is 6.21. The first-order valence-electron chi connectivity index (χ1n) is 10.8. The van der Waals surface area contributed by atoms with Crippen LogP contribution in [-0.4, -0.2) is 47.6 Å². The molecule has 2 fully saturated rings. The van der Waals surface area contributed by atoms with Crippen LogP contribution in [0.15, 0.2) is 41.4 Å². The molecule has 11 heteroatoms. The zero-order valence-electron chi connectivity index (χ0n) is 18.8. The zero-order chi connectivity index (χ0) is 25.1. The van der Waals surface area contributed by atoms with E-state index in [2.05, 4.69) is 4.98 Å². The molecule has 1 amide bonds. The average molecular weight is 501 g/mol. The molecule has 1 aromatic carbocycles. The maximum atomic E-state index is 14.6. The van der Waals surface area contributed by atoms with E-state index in [-0.39, 0.29) is 35.2 Å². The van der Waals surface area contributed by atoms with E-state index in [9.17, 15) is 30.8 Å². The van der Waals surface area contributed by atoms with E-state index >= 15 is 0 Å². The number of carbonyl (C=O) groups is 1. The first-order valence-corrected chi connectivity index (χ1v) is 12.3. The number of ether oxygens (including phenoxy) is 1. The molecule has 3 heterocycles. The molecular formula is C23H24F4N2O4S. The highest BCUT2D eigenvalue weighted by Crippen LogP contribution is 2.47. The van der Waals surface area contributed by atoms with Gasteiger partial charge in [-0.05, 0) is 69.4 Å². The number of pyridine rings is 1. The Kier molecular flexibility index (Phi) is 5.90. The second kappa shape index (κ2) is 8.21. The van der Waals surface area contributed by atoms with Crippen molar-refractivity contribution in [3.05, 3.63) is 48.0 Å². The number of nitrogens with zero attached hydrogens (tertiary/aromatic N) is 2. The number of rotatable bonds is 3. The summed E-state index contributed by atoms with van der Waals surface area (Å²) < 4.78 is 81.6. The predicted molar refractivity (Wildman–Crippen MR) is 115 cm³/mol. The summed E-state index contributed by atoms with van der Waals surface area (Å²) in [4.78, 5) is 17.4. The highest BCUT2D eigenvalue weighted by molar-refractivity contribution is 7.92. The number of amides is 1. The first kappa shape index (κ1) is 24.4. The van der Waals surface area contributed by atoms with Crippen LogP contribution in [0.3, 0.4) is 0 Å². The zero-order valence-corrected chi connectivity index (χ0v) is 19.6. The molecule has 3 atom stereocenters. The topological polar surface area (TPSA) is 76.6 Å². The number of benzene rings is 1. The van der Waals surface area contributed by atoms with E-state index in [4.69, 9.17) is 4.74 Å². The van der Waals surface area contributed by atoms with Crippen LogP contribution >= 0.6 is 0 Å². The van der Waals surface area contributed by atoms with Gasteiger partial charge in [0.25, 0.3) is 9.84 Å². The van der Waals surface area contributed by atoms with Gasteiger partial charge in [-0.3, -0.25) is 0 Å². The highest BCUT2D eigenvalue weighted by Gasteiger charge is 2.50. The number of carbonyl (C=O) groups excluding carboxylic acids is 1. The molecule has 2 bridgehead atoms. The van der Waals surface area contributed by atoms with Gasteiger partial charge in [-0.1, -0.05) is 12.1 Å². The number of fused-ring (bicyclic) bond motifs is 2. The summed E-state index contributed by atoms with van der Waals surface area (Å²) in [5.74, 6) is -0.926. The van der Waals surface area contributed by atoms with Gasteiger partial charge in [0.2, 0.25) is 5.95 Å². The second-order valence-electron chi connectivity index (χ2n) is 9.61. The molecule has 184 valence electrons. The third-order valence-corrected chi connectivity index (χ3v) is 7.71. The number of aromatic nitrogens is 1. The molecule has 6 nitrogen and oxygen atoms in total. The lowest BCUT2D eigenvalue weighted by atomic mass is 9.84. The number of halogens is 4. The standard InChI is InChI=1S/C23H24F4N2O4S/c1-22(2,3)33-21(30)29-15-6-9-19(29)17(11-15)14-10-18(20(24)28-12-14)13-4-7-16(8-5-13)34(31,32)23(25,26)27/h4-5,7-8,10,12,15,17,19H,6,9,11H2,1-3H3/t15-,17?,19+/m0/s1. The number of hydrogen-bond acceptors (Lipinski definition) is 5. The van der Waals surface area contributed by atoms with Gasteiger partial charge in [0.15, 0.2) is 0 Å². The lowest BCUT2D eigenvalue weighted by Crippen LogP contribution is -2.40. The van der Waals surface area contributed by atoms with Crippen molar-refractivity contribution in [3.63, 3.8) is 0 Å². The van der Waals surface area contributed by atoms with Crippen molar-refractivity contribution < 1.29 is 35.5 Å². The Bertz CT molecular complexity index is 1210. The van der Waals surface area contributed by atoms with Gasteiger partial charge < -0.3 is 9.64 Å². The Morgan fingerprint density at radius 2 is 1.76 bits per heavy atom. The van der Waals surface area contributed by atoms with Crippen molar-refractivity contribution in [2.75, 3.05) is 0 Å². The number of alkyl halides is 3. The monoisotopic (exact) mass is 500 g/mol. The molecule has 2 aromatic rings. The molecule has 1 aromatic heterocycles. The molecule has 2 saturated heterocycles. The lowest BCUT2D eigenvalue weighted by molar-refractivity contribution is -0.0436. The lowest BCUT2D eigenvalue weighted by Gasteiger charge is -2.28. The van der Waals surface area contributed by atoms with Crippen molar-refractivity contribution in [1.82, 2.24) is 9.88 Å². The fourth-order valence-corrected chi connectivity index (χ4v) is 5.52. The minimum absolute atomic E-state index is 0.00483. The van der Waals surface area contributed by atoms with Gasteiger partial charge in [0.05, 0.1) is 4.90 Å². The highest BCUT2D eigenvalue weighted by atomic mass is 32.2. The molecule has 2 aliphatic heterocycles. The van der Waals surface area contributed by atoms with E-state index in [0.29, 0.717) is 12.0 Å². The molecule has 0 saturated carbocycles. The molecular weight excluding hydrogens is 476 g/mol. The van der Waals surface area contributed by atoms with Crippen molar-refractivity contribution in [2.45, 2.75) is 74.0 Å². The molecule has 4 rings (SSSR count). The van der Waals surface area contributed by atoms with Crippen LogP contribution in [0.2, 0.25) is 0 Å². The minimum Gasteiger partial charge on any atom is -0.444 e. The second-order valence-corrected chi connectivity index (χ2v) is 11.6. The number of hydrogen-bond donors (Lipinski definition) is 0. The molecule has 0 spiro atoms. The Labute approximate surface area is 194 Å². The predicted octanol–water partition coefficient (Wildman–Crippen LogP) is 5.44. The van der Waals surface area contributed by atoms with Gasteiger partial charge in [0.1, 0.15) is 5.60 Å². The average Bonchev–Trinajstić information content (AvgIpc) is 3.31. The summed E-state index contributed by atoms with van der Waals surface area (Å²) in [6.07, 6.45) is 3.29. The summed E-state index contributed by atoms with van der Waals surface area (Å²) in [5.41, 5.74) is -5.13. The van der Waals surface area contributed by atoms with Crippen LogP contribution in [0.5, 0.6) is 0 Å². The summed E-state index contributed by atoms with van der Waals surface area (Å²) in [5, 5.41) is 0. The number of sulfone groups is 1. The van der Waals surface area contributed by atoms with E-state index in [1.54, 1.807) is 31.7 Å². The van der Waals surface area contributed by atoms with Crippen molar-refractivity contribution in [1.29, 1.82) is 0 Å². The fraction of sp³-hybridized carbons (Fsp3) is 0.478. The first-order chi connectivity index (χ1) is 15.7. The summed E-state index contributed by atoms with van der Waals surface area (Å²) >= 11 is 0. The van der Waals surface area contributed by atoms with Gasteiger partial charge in [-0.25, -0.2) is 18.2 Å². The molecule has 0 aliphatic carbocycles. The quantitative estimate of drug-likeness (QED) is 0.415. The smallest absolute Gasteiger partial charge is 0.444 e. The van der Waals surface area contributed by atoms with Crippen molar-refractivity contribution >= 4 is 15.9 Å². The summed E-state index contributed by atoms with van der Waals surface area (Å²) in [6, 6.07) is 5.28. The van der Waals surface area contributed by atoms with Crippen LogP contribution in [-0.2, 0) is 14.6 Å². The van der Waals surface area contributed by atoms with E-state index in [1.807, 2.05) is 0 Å². The van der Waals surface area contributed by atoms with Crippen LogP contribution in [0.25, 0.3) is 11.1 Å². The Morgan fingerprint density at radius 1 is 1.12 bits per heavy atom. The van der Waals surface area contributed by atoms with Crippen molar-refractivity contribution in [3.8, 4) is 11.1 Å². The van der Waals surface area contributed by atoms with Crippen molar-refractivity contribution in [2.24, 2.45) is 0 Å². The van der Waals surface area contributed by atoms with Gasteiger partial charge >= 0.3 is 11.6 Å². The van der Waals surface area contributed by atoms with E-state index < -0.39 is 31.8 Å². The fourth-order valence-electron chi connectivity index (χ4n) is 4.76. The normalized spacial score (nSPS) is 22.8. The summed E-state index contributed by atoms with van der Waals surface area (Å²) in [6.45, 7) is 5.38. The van der Waals surface area contributed by atoms with Crippen LogP contribution < -0.4 is 0 Å². The maximum absolute atomic E-state index is 14.6. The molecule has 1 unspecified atom stereocenters. The van der Waals surface area contributed by atoms with E-state index in [0.717, 1.165) is 37.1 Å².